The Bertz CT molecular complexity index is 708. The largest absolute Gasteiger partial charge is 0.0985 e. The zero-order valence-electron chi connectivity index (χ0n) is 10.8. The van der Waals surface area contributed by atoms with E-state index < -0.39 is 0 Å². The number of benzene rings is 3. The van der Waals surface area contributed by atoms with E-state index in [4.69, 9.17) is 0 Å². The van der Waals surface area contributed by atoms with Gasteiger partial charge in [0.05, 0.1) is 0 Å². The Labute approximate surface area is 114 Å². The summed E-state index contributed by atoms with van der Waals surface area (Å²) in [6, 6.07) is 23.7. The maximum Gasteiger partial charge on any atom is -0.00256 e. The van der Waals surface area contributed by atoms with Crippen molar-refractivity contribution in [2.45, 2.75) is 6.42 Å². The molecule has 0 nitrogen and oxygen atoms in total. The first-order chi connectivity index (χ1) is 9.35. The van der Waals surface area contributed by atoms with Crippen LogP contribution >= 0.6 is 0 Å². The molecule has 0 aliphatic carbocycles. The fourth-order valence-corrected chi connectivity index (χ4v) is 2.38. The maximum absolute atomic E-state index is 3.81. The normalized spacial score (nSPS) is 10.5. The van der Waals surface area contributed by atoms with Crippen LogP contribution in [-0.4, -0.2) is 0 Å². The van der Waals surface area contributed by atoms with Gasteiger partial charge in [-0.25, -0.2) is 0 Å². The average molecular weight is 244 g/mol. The summed E-state index contributed by atoms with van der Waals surface area (Å²) in [6.45, 7) is 3.81. The standard InChI is InChI=1S/C19H16/c1-2-15-8-10-19-14-17(9-11-18(19)13-15)12-16-6-4-3-5-7-16/h2-11,13-14H,1,12H2. The predicted octanol–water partition coefficient (Wildman–Crippen LogP) is 5.07. The van der Waals surface area contributed by atoms with Gasteiger partial charge in [-0.3, -0.25) is 0 Å². The second kappa shape index (κ2) is 5.11. The van der Waals surface area contributed by atoms with E-state index in [1.54, 1.807) is 0 Å². The highest BCUT2D eigenvalue weighted by atomic mass is 14.0. The van der Waals surface area contributed by atoms with E-state index in [-0.39, 0.29) is 0 Å². The lowest BCUT2D eigenvalue weighted by atomic mass is 10.00. The monoisotopic (exact) mass is 244 g/mol. The highest BCUT2D eigenvalue weighted by Gasteiger charge is 1.99. The van der Waals surface area contributed by atoms with Gasteiger partial charge in [0, 0.05) is 0 Å². The van der Waals surface area contributed by atoms with Crippen molar-refractivity contribution in [2.24, 2.45) is 0 Å². The molecular weight excluding hydrogens is 228 g/mol. The average Bonchev–Trinajstić information content (AvgIpc) is 2.48. The predicted molar refractivity (Wildman–Crippen MR) is 83.3 cm³/mol. The van der Waals surface area contributed by atoms with E-state index >= 15 is 0 Å². The zero-order valence-corrected chi connectivity index (χ0v) is 10.8. The van der Waals surface area contributed by atoms with Gasteiger partial charge in [0.15, 0.2) is 0 Å². The third-order valence-electron chi connectivity index (χ3n) is 3.42. The molecule has 0 saturated heterocycles. The molecule has 19 heavy (non-hydrogen) atoms. The summed E-state index contributed by atoms with van der Waals surface area (Å²) in [5.41, 5.74) is 3.87. The van der Waals surface area contributed by atoms with Crippen LogP contribution in [0.3, 0.4) is 0 Å². The third-order valence-corrected chi connectivity index (χ3v) is 3.42. The first-order valence-electron chi connectivity index (χ1n) is 6.54. The summed E-state index contributed by atoms with van der Waals surface area (Å²) in [7, 11) is 0. The van der Waals surface area contributed by atoms with E-state index in [2.05, 4.69) is 73.3 Å². The molecule has 3 aromatic carbocycles. The Morgan fingerprint density at radius 2 is 1.47 bits per heavy atom. The minimum absolute atomic E-state index is 0.986. The first-order valence-corrected chi connectivity index (χ1v) is 6.54. The number of rotatable bonds is 3. The van der Waals surface area contributed by atoms with Crippen LogP contribution in [0.1, 0.15) is 16.7 Å². The number of hydrogen-bond donors (Lipinski definition) is 0. The van der Waals surface area contributed by atoms with Gasteiger partial charge in [-0.15, -0.1) is 0 Å². The van der Waals surface area contributed by atoms with Crippen molar-refractivity contribution in [3.8, 4) is 0 Å². The Balaban J connectivity index is 1.96. The lowest BCUT2D eigenvalue weighted by Crippen LogP contribution is -1.87. The van der Waals surface area contributed by atoms with Gasteiger partial charge in [-0.05, 0) is 39.9 Å². The molecular formula is C19H16. The minimum atomic E-state index is 0.986. The van der Waals surface area contributed by atoms with E-state index in [0.29, 0.717) is 0 Å². The fourth-order valence-electron chi connectivity index (χ4n) is 2.38. The van der Waals surface area contributed by atoms with Gasteiger partial charge < -0.3 is 0 Å². The quantitative estimate of drug-likeness (QED) is 0.603. The van der Waals surface area contributed by atoms with Crippen LogP contribution in [0, 0.1) is 0 Å². The Kier molecular flexibility index (Phi) is 3.16. The van der Waals surface area contributed by atoms with E-state index in [1.165, 1.54) is 27.5 Å². The zero-order chi connectivity index (χ0) is 13.1. The summed E-state index contributed by atoms with van der Waals surface area (Å²) in [5.74, 6) is 0. The molecule has 0 aliphatic heterocycles. The Morgan fingerprint density at radius 1 is 0.737 bits per heavy atom. The van der Waals surface area contributed by atoms with E-state index in [9.17, 15) is 0 Å². The summed E-state index contributed by atoms with van der Waals surface area (Å²) < 4.78 is 0. The van der Waals surface area contributed by atoms with Crippen molar-refractivity contribution in [3.63, 3.8) is 0 Å². The second-order valence-corrected chi connectivity index (χ2v) is 4.81. The highest BCUT2D eigenvalue weighted by Crippen LogP contribution is 2.20. The Morgan fingerprint density at radius 3 is 2.26 bits per heavy atom. The molecule has 0 bridgehead atoms. The van der Waals surface area contributed by atoms with Crippen LogP contribution in [-0.2, 0) is 6.42 Å². The molecule has 0 atom stereocenters. The molecule has 3 rings (SSSR count). The molecule has 3 aromatic rings. The molecule has 0 heterocycles. The van der Waals surface area contributed by atoms with Gasteiger partial charge in [-0.1, -0.05) is 73.3 Å². The minimum Gasteiger partial charge on any atom is -0.0985 e. The summed E-state index contributed by atoms with van der Waals surface area (Å²) in [6.07, 6.45) is 2.87. The molecule has 0 aromatic heterocycles. The molecule has 0 unspecified atom stereocenters. The molecule has 0 fully saturated rings. The van der Waals surface area contributed by atoms with E-state index in [0.717, 1.165) is 6.42 Å². The molecule has 92 valence electrons. The summed E-state index contributed by atoms with van der Waals surface area (Å²) in [5, 5.41) is 2.56. The third kappa shape index (κ3) is 2.58. The van der Waals surface area contributed by atoms with Crippen LogP contribution in [0.4, 0.5) is 0 Å². The molecule has 0 aliphatic rings. The van der Waals surface area contributed by atoms with Crippen molar-refractivity contribution in [1.82, 2.24) is 0 Å². The molecule has 0 saturated carbocycles. The lowest BCUT2D eigenvalue weighted by Gasteiger charge is -2.05. The van der Waals surface area contributed by atoms with Crippen molar-refractivity contribution in [3.05, 3.63) is 90.0 Å². The molecule has 0 spiro atoms. The maximum atomic E-state index is 3.81. The van der Waals surface area contributed by atoms with Gasteiger partial charge in [0.2, 0.25) is 0 Å². The van der Waals surface area contributed by atoms with Gasteiger partial charge in [-0.2, -0.15) is 0 Å². The molecule has 0 amide bonds. The Hall–Kier alpha value is -2.34. The van der Waals surface area contributed by atoms with Crippen molar-refractivity contribution in [2.75, 3.05) is 0 Å². The highest BCUT2D eigenvalue weighted by molar-refractivity contribution is 5.85. The first kappa shape index (κ1) is 11.7. The van der Waals surface area contributed by atoms with Gasteiger partial charge >= 0.3 is 0 Å². The smallest absolute Gasteiger partial charge is 0.00256 e. The lowest BCUT2D eigenvalue weighted by molar-refractivity contribution is 1.20. The molecule has 0 heteroatoms. The summed E-state index contributed by atoms with van der Waals surface area (Å²) >= 11 is 0. The van der Waals surface area contributed by atoms with Gasteiger partial charge in [0.1, 0.15) is 0 Å². The molecule has 0 radical (unpaired) electrons. The van der Waals surface area contributed by atoms with E-state index in [1.807, 2.05) is 6.08 Å². The fraction of sp³-hybridized carbons (Fsp3) is 0.0526. The van der Waals surface area contributed by atoms with Crippen molar-refractivity contribution < 1.29 is 0 Å². The van der Waals surface area contributed by atoms with Crippen molar-refractivity contribution in [1.29, 1.82) is 0 Å². The van der Waals surface area contributed by atoms with Crippen LogP contribution in [0.5, 0.6) is 0 Å². The summed E-state index contributed by atoms with van der Waals surface area (Å²) in [4.78, 5) is 0. The topological polar surface area (TPSA) is 0 Å². The van der Waals surface area contributed by atoms with Crippen LogP contribution in [0.2, 0.25) is 0 Å². The van der Waals surface area contributed by atoms with Crippen LogP contribution in [0.25, 0.3) is 16.8 Å². The van der Waals surface area contributed by atoms with Crippen LogP contribution in [0.15, 0.2) is 73.3 Å². The molecule has 0 N–H and O–H groups in total. The SMILES string of the molecule is C=Cc1ccc2cc(Cc3ccccc3)ccc2c1. The number of fused-ring (bicyclic) bond motifs is 1. The van der Waals surface area contributed by atoms with Crippen LogP contribution < -0.4 is 0 Å². The van der Waals surface area contributed by atoms with Gasteiger partial charge in [0.25, 0.3) is 0 Å². The van der Waals surface area contributed by atoms with Crippen molar-refractivity contribution >= 4 is 16.8 Å². The second-order valence-electron chi connectivity index (χ2n) is 4.81. The number of hydrogen-bond acceptors (Lipinski definition) is 0.